The molecule has 0 spiro atoms. The lowest BCUT2D eigenvalue weighted by atomic mass is 10.1. The van der Waals surface area contributed by atoms with E-state index in [9.17, 15) is 13.6 Å². The lowest BCUT2D eigenvalue weighted by Gasteiger charge is -2.31. The predicted octanol–water partition coefficient (Wildman–Crippen LogP) is 3.74. The third-order valence-electron chi connectivity index (χ3n) is 2.76. The van der Waals surface area contributed by atoms with Gasteiger partial charge >= 0.3 is 0 Å². The molecular formula is C13H17BrF2N2O. The van der Waals surface area contributed by atoms with Crippen molar-refractivity contribution in [1.29, 1.82) is 0 Å². The van der Waals surface area contributed by atoms with E-state index >= 15 is 0 Å². The topological polar surface area (TPSA) is 33.2 Å². The maximum Gasteiger partial charge on any atom is 0.255 e. The molecule has 3 nitrogen and oxygen atoms in total. The van der Waals surface area contributed by atoms with Crippen LogP contribution in [-0.2, 0) is 0 Å². The maximum atomic E-state index is 12.9. The van der Waals surface area contributed by atoms with E-state index in [4.69, 9.17) is 0 Å². The van der Waals surface area contributed by atoms with Gasteiger partial charge in [0.1, 0.15) is 4.60 Å². The highest BCUT2D eigenvalue weighted by Gasteiger charge is 2.35. The zero-order valence-corrected chi connectivity index (χ0v) is 12.6. The van der Waals surface area contributed by atoms with Gasteiger partial charge in [-0.3, -0.25) is 4.79 Å². The Morgan fingerprint density at radius 1 is 1.32 bits per heavy atom. The highest BCUT2D eigenvalue weighted by molar-refractivity contribution is 9.10. The van der Waals surface area contributed by atoms with Gasteiger partial charge in [0.15, 0.2) is 0 Å². The van der Waals surface area contributed by atoms with E-state index in [0.717, 1.165) is 0 Å². The summed E-state index contributed by atoms with van der Waals surface area (Å²) in [6, 6.07) is 3.29. The lowest BCUT2D eigenvalue weighted by molar-refractivity contribution is -0.0494. The molecule has 0 atom stereocenters. The van der Waals surface area contributed by atoms with E-state index < -0.39 is 5.92 Å². The molecule has 6 heteroatoms. The van der Waals surface area contributed by atoms with Crippen LogP contribution in [0.15, 0.2) is 22.9 Å². The smallest absolute Gasteiger partial charge is 0.255 e. The maximum absolute atomic E-state index is 12.9. The molecule has 2 rings (SSSR count). The molecule has 1 fully saturated rings. The van der Waals surface area contributed by atoms with Crippen molar-refractivity contribution in [1.82, 2.24) is 9.88 Å². The number of likely N-dealkylation sites (tertiary alicyclic amines) is 1. The van der Waals surface area contributed by atoms with Gasteiger partial charge in [-0.25, -0.2) is 13.8 Å². The van der Waals surface area contributed by atoms with Crippen molar-refractivity contribution >= 4 is 21.8 Å². The molecule has 1 aliphatic heterocycles. The van der Waals surface area contributed by atoms with Gasteiger partial charge in [-0.15, -0.1) is 0 Å². The molecule has 2 heterocycles. The number of carbonyl (C=O) groups excluding carboxylic acids is 1. The molecule has 1 aliphatic rings. The second kappa shape index (κ2) is 6.93. The number of nitrogens with zero attached hydrogens (tertiary/aromatic N) is 2. The monoisotopic (exact) mass is 334 g/mol. The first-order chi connectivity index (χ1) is 8.98. The molecule has 1 aromatic heterocycles. The quantitative estimate of drug-likeness (QED) is 0.733. The fourth-order valence-corrected chi connectivity index (χ4v) is 1.96. The second-order valence-electron chi connectivity index (χ2n) is 4.02. The van der Waals surface area contributed by atoms with Gasteiger partial charge < -0.3 is 4.90 Å². The number of pyridine rings is 1. The van der Waals surface area contributed by atoms with Crippen LogP contribution in [0.25, 0.3) is 0 Å². The van der Waals surface area contributed by atoms with Crippen molar-refractivity contribution in [3.63, 3.8) is 0 Å². The van der Waals surface area contributed by atoms with Crippen molar-refractivity contribution in [2.24, 2.45) is 0 Å². The lowest BCUT2D eigenvalue weighted by Crippen LogP contribution is -2.42. The van der Waals surface area contributed by atoms with Crippen LogP contribution in [0.1, 0.15) is 37.0 Å². The van der Waals surface area contributed by atoms with Crippen molar-refractivity contribution in [2.45, 2.75) is 32.6 Å². The summed E-state index contributed by atoms with van der Waals surface area (Å²) in [5, 5.41) is 0. The molecule has 0 saturated carbocycles. The second-order valence-corrected chi connectivity index (χ2v) is 4.83. The van der Waals surface area contributed by atoms with Gasteiger partial charge in [-0.1, -0.05) is 13.8 Å². The van der Waals surface area contributed by atoms with Crippen LogP contribution in [0, 0.1) is 0 Å². The minimum atomic E-state index is -2.63. The van der Waals surface area contributed by atoms with Gasteiger partial charge in [0, 0.05) is 32.1 Å². The Balaban J connectivity index is 0.000000861. The molecule has 0 N–H and O–H groups in total. The molecule has 1 saturated heterocycles. The fraction of sp³-hybridized carbons (Fsp3) is 0.538. The summed E-state index contributed by atoms with van der Waals surface area (Å²) >= 11 is 3.17. The van der Waals surface area contributed by atoms with Crippen LogP contribution in [0.5, 0.6) is 0 Å². The number of aromatic nitrogens is 1. The summed E-state index contributed by atoms with van der Waals surface area (Å²) in [6.07, 6.45) is 0.921. The Hall–Kier alpha value is -1.04. The van der Waals surface area contributed by atoms with E-state index in [1.165, 1.54) is 11.1 Å². The third kappa shape index (κ3) is 4.53. The predicted molar refractivity (Wildman–Crippen MR) is 73.4 cm³/mol. The molecule has 0 aliphatic carbocycles. The van der Waals surface area contributed by atoms with E-state index in [0.29, 0.717) is 10.2 Å². The summed E-state index contributed by atoms with van der Waals surface area (Å²) in [6.45, 7) is 4.20. The van der Waals surface area contributed by atoms with Crippen LogP contribution in [0.4, 0.5) is 8.78 Å². The van der Waals surface area contributed by atoms with E-state index in [1.54, 1.807) is 12.1 Å². The number of rotatable bonds is 1. The van der Waals surface area contributed by atoms with Gasteiger partial charge in [-0.2, -0.15) is 0 Å². The summed E-state index contributed by atoms with van der Waals surface area (Å²) in [5.41, 5.74) is 0.429. The number of amides is 1. The zero-order chi connectivity index (χ0) is 14.5. The van der Waals surface area contributed by atoms with Crippen LogP contribution in [-0.4, -0.2) is 34.8 Å². The van der Waals surface area contributed by atoms with E-state index in [-0.39, 0.29) is 31.8 Å². The van der Waals surface area contributed by atoms with Crippen LogP contribution in [0.3, 0.4) is 0 Å². The molecule has 106 valence electrons. The number of hydrogen-bond acceptors (Lipinski definition) is 2. The Morgan fingerprint density at radius 2 is 1.89 bits per heavy atom. The highest BCUT2D eigenvalue weighted by Crippen LogP contribution is 2.28. The Morgan fingerprint density at radius 3 is 2.37 bits per heavy atom. The SMILES string of the molecule is CC.O=C(c1ccc(Br)nc1)N1CCC(F)(F)CC1. The Kier molecular flexibility index (Phi) is 5.85. The van der Waals surface area contributed by atoms with Gasteiger partial charge in [0.05, 0.1) is 5.56 Å². The molecule has 0 radical (unpaired) electrons. The van der Waals surface area contributed by atoms with Crippen LogP contribution >= 0.6 is 15.9 Å². The first-order valence-electron chi connectivity index (χ1n) is 6.27. The molecule has 1 amide bonds. The molecule has 0 aromatic carbocycles. The van der Waals surface area contributed by atoms with Crippen molar-refractivity contribution in [3.8, 4) is 0 Å². The summed E-state index contributed by atoms with van der Waals surface area (Å²) in [5.74, 6) is -2.87. The average Bonchev–Trinajstić information content (AvgIpc) is 2.41. The highest BCUT2D eigenvalue weighted by atomic mass is 79.9. The molecule has 1 aromatic rings. The Labute approximate surface area is 120 Å². The summed E-state index contributed by atoms with van der Waals surface area (Å²) < 4.78 is 26.5. The number of piperidine rings is 1. The molecule has 0 bridgehead atoms. The standard InChI is InChI=1S/C11H11BrF2N2O.C2H6/c12-9-2-1-8(7-15-9)10(17)16-5-3-11(13,14)4-6-16;1-2/h1-2,7H,3-6H2;1-2H3. The normalized spacial score (nSPS) is 17.4. The molecular weight excluding hydrogens is 318 g/mol. The van der Waals surface area contributed by atoms with Gasteiger partial charge in [0.25, 0.3) is 11.8 Å². The van der Waals surface area contributed by atoms with Gasteiger partial charge in [-0.05, 0) is 28.1 Å². The molecule has 19 heavy (non-hydrogen) atoms. The van der Waals surface area contributed by atoms with Crippen molar-refractivity contribution < 1.29 is 13.6 Å². The largest absolute Gasteiger partial charge is 0.338 e. The first kappa shape index (κ1) is 16.0. The summed E-state index contributed by atoms with van der Waals surface area (Å²) in [7, 11) is 0. The van der Waals surface area contributed by atoms with Crippen molar-refractivity contribution in [2.75, 3.05) is 13.1 Å². The minimum Gasteiger partial charge on any atom is -0.338 e. The number of alkyl halides is 2. The van der Waals surface area contributed by atoms with E-state index in [2.05, 4.69) is 20.9 Å². The zero-order valence-electron chi connectivity index (χ0n) is 11.0. The van der Waals surface area contributed by atoms with Crippen LogP contribution in [0.2, 0.25) is 0 Å². The number of halogens is 3. The first-order valence-corrected chi connectivity index (χ1v) is 7.06. The Bertz CT molecular complexity index is 413. The third-order valence-corrected chi connectivity index (χ3v) is 3.23. The number of hydrogen-bond donors (Lipinski definition) is 0. The minimum absolute atomic E-state index is 0.0991. The average molecular weight is 335 g/mol. The van der Waals surface area contributed by atoms with Crippen molar-refractivity contribution in [3.05, 3.63) is 28.5 Å². The fourth-order valence-electron chi connectivity index (χ4n) is 1.72. The molecule has 0 unspecified atom stereocenters. The number of carbonyl (C=O) groups is 1. The van der Waals surface area contributed by atoms with Crippen LogP contribution < -0.4 is 0 Å². The summed E-state index contributed by atoms with van der Waals surface area (Å²) in [4.78, 5) is 17.3. The van der Waals surface area contributed by atoms with Gasteiger partial charge in [0.2, 0.25) is 0 Å². The van der Waals surface area contributed by atoms with E-state index in [1.807, 2.05) is 13.8 Å².